The average Bonchev–Trinajstić information content (AvgIpc) is 2.70. The lowest BCUT2D eigenvalue weighted by Crippen LogP contribution is -2.44. The molecule has 2 rings (SSSR count). The van der Waals surface area contributed by atoms with Gasteiger partial charge in [-0.3, -0.25) is 4.79 Å². The van der Waals surface area contributed by atoms with Gasteiger partial charge in [-0.15, -0.1) is 11.3 Å². The summed E-state index contributed by atoms with van der Waals surface area (Å²) in [5.74, 6) is 0.0769. The number of morpholine rings is 1. The summed E-state index contributed by atoms with van der Waals surface area (Å²) >= 11 is 1.71. The Balaban J connectivity index is 1.66. The summed E-state index contributed by atoms with van der Waals surface area (Å²) in [7, 11) is 0. The normalized spacial score (nSPS) is 19.4. The summed E-state index contributed by atoms with van der Waals surface area (Å²) in [4.78, 5) is 17.5. The minimum Gasteiger partial charge on any atom is -0.378 e. The third kappa shape index (κ3) is 4.56. The number of nitrogens with one attached hydrogen (secondary N) is 2. The molecule has 0 saturated carbocycles. The molecule has 0 radical (unpaired) electrons. The number of aromatic nitrogens is 1. The number of ether oxygens (including phenoxy) is 1. The SMILES string of the molecule is Cc1nc(CCNC(=O)C[C@@H]2COCCN2)sc1C. The number of hydrogen-bond acceptors (Lipinski definition) is 5. The third-order valence-electron chi connectivity index (χ3n) is 3.16. The van der Waals surface area contributed by atoms with Crippen LogP contribution in [0, 0.1) is 13.8 Å². The molecule has 1 aromatic heterocycles. The summed E-state index contributed by atoms with van der Waals surface area (Å²) in [6.45, 7) is 6.93. The van der Waals surface area contributed by atoms with E-state index in [2.05, 4.69) is 22.5 Å². The predicted octanol–water partition coefficient (Wildman–Crippen LogP) is 0.797. The van der Waals surface area contributed by atoms with E-state index in [0.717, 1.165) is 30.3 Å². The fourth-order valence-corrected chi connectivity index (χ4v) is 2.94. The maximum Gasteiger partial charge on any atom is 0.221 e. The Morgan fingerprint density at radius 1 is 1.58 bits per heavy atom. The van der Waals surface area contributed by atoms with Crippen molar-refractivity contribution in [3.05, 3.63) is 15.6 Å². The highest BCUT2D eigenvalue weighted by molar-refractivity contribution is 7.11. The lowest BCUT2D eigenvalue weighted by Gasteiger charge is -2.23. The standard InChI is InChI=1S/C13H21N3O2S/c1-9-10(2)19-13(16-9)3-4-15-12(17)7-11-8-18-6-5-14-11/h11,14H,3-8H2,1-2H3,(H,15,17)/t11-/m1/s1. The molecule has 1 atom stereocenters. The van der Waals surface area contributed by atoms with Crippen molar-refractivity contribution in [3.8, 4) is 0 Å². The quantitative estimate of drug-likeness (QED) is 0.839. The van der Waals surface area contributed by atoms with Gasteiger partial charge in [0.15, 0.2) is 0 Å². The average molecular weight is 283 g/mol. The van der Waals surface area contributed by atoms with Gasteiger partial charge in [0.1, 0.15) is 0 Å². The van der Waals surface area contributed by atoms with Gasteiger partial charge in [0.25, 0.3) is 0 Å². The summed E-state index contributed by atoms with van der Waals surface area (Å²) in [5.41, 5.74) is 1.09. The van der Waals surface area contributed by atoms with Crippen LogP contribution in [0.3, 0.4) is 0 Å². The van der Waals surface area contributed by atoms with E-state index < -0.39 is 0 Å². The Bertz CT molecular complexity index is 408. The van der Waals surface area contributed by atoms with Crippen molar-refractivity contribution in [1.82, 2.24) is 15.6 Å². The van der Waals surface area contributed by atoms with E-state index in [0.29, 0.717) is 19.6 Å². The van der Waals surface area contributed by atoms with Crippen molar-refractivity contribution in [2.75, 3.05) is 26.3 Å². The van der Waals surface area contributed by atoms with E-state index in [1.54, 1.807) is 11.3 Å². The Morgan fingerprint density at radius 3 is 3.05 bits per heavy atom. The van der Waals surface area contributed by atoms with Crippen LogP contribution in [0.15, 0.2) is 0 Å². The first kappa shape index (κ1) is 14.4. The minimum atomic E-state index is 0.0769. The molecule has 19 heavy (non-hydrogen) atoms. The predicted molar refractivity (Wildman–Crippen MR) is 75.5 cm³/mol. The van der Waals surface area contributed by atoms with Crippen LogP contribution in [0.5, 0.6) is 0 Å². The molecule has 0 aromatic carbocycles. The van der Waals surface area contributed by atoms with Gasteiger partial charge in [0, 0.05) is 36.9 Å². The first-order valence-corrected chi connectivity index (χ1v) is 7.47. The molecular formula is C13H21N3O2S. The van der Waals surface area contributed by atoms with Crippen LogP contribution in [0.2, 0.25) is 0 Å². The highest BCUT2D eigenvalue weighted by atomic mass is 32.1. The highest BCUT2D eigenvalue weighted by Crippen LogP contribution is 2.16. The molecule has 2 N–H and O–H groups in total. The minimum absolute atomic E-state index is 0.0769. The number of carbonyl (C=O) groups excluding carboxylic acids is 1. The van der Waals surface area contributed by atoms with Crippen LogP contribution in [0.4, 0.5) is 0 Å². The summed E-state index contributed by atoms with van der Waals surface area (Å²) in [6.07, 6.45) is 1.29. The molecule has 0 spiro atoms. The van der Waals surface area contributed by atoms with Gasteiger partial charge in [0.2, 0.25) is 5.91 Å². The number of hydrogen-bond donors (Lipinski definition) is 2. The topological polar surface area (TPSA) is 63.2 Å². The van der Waals surface area contributed by atoms with E-state index in [1.807, 2.05) is 6.92 Å². The summed E-state index contributed by atoms with van der Waals surface area (Å²) in [5, 5.41) is 7.30. The second-order valence-electron chi connectivity index (χ2n) is 4.78. The summed E-state index contributed by atoms with van der Waals surface area (Å²) in [6, 6.07) is 0.151. The molecule has 0 bridgehead atoms. The molecule has 2 heterocycles. The Hall–Kier alpha value is -0.980. The maximum atomic E-state index is 11.7. The molecule has 1 amide bonds. The zero-order valence-corrected chi connectivity index (χ0v) is 12.3. The Kier molecular flexibility index (Phi) is 5.30. The molecule has 1 aliphatic heterocycles. The van der Waals surface area contributed by atoms with Gasteiger partial charge in [0.05, 0.1) is 23.9 Å². The smallest absolute Gasteiger partial charge is 0.221 e. The lowest BCUT2D eigenvalue weighted by atomic mass is 10.2. The number of thiazole rings is 1. The van der Waals surface area contributed by atoms with Crippen molar-refractivity contribution in [2.24, 2.45) is 0 Å². The zero-order chi connectivity index (χ0) is 13.7. The number of aryl methyl sites for hydroxylation is 2. The molecule has 1 aromatic rings. The molecule has 1 fully saturated rings. The van der Waals surface area contributed by atoms with Crippen LogP contribution in [0.25, 0.3) is 0 Å². The highest BCUT2D eigenvalue weighted by Gasteiger charge is 2.16. The lowest BCUT2D eigenvalue weighted by molar-refractivity contribution is -0.122. The second-order valence-corrected chi connectivity index (χ2v) is 6.07. The third-order valence-corrected chi connectivity index (χ3v) is 4.30. The number of nitrogens with zero attached hydrogens (tertiary/aromatic N) is 1. The Morgan fingerprint density at radius 2 is 2.42 bits per heavy atom. The summed E-state index contributed by atoms with van der Waals surface area (Å²) < 4.78 is 5.32. The van der Waals surface area contributed by atoms with Crippen molar-refractivity contribution >= 4 is 17.2 Å². The van der Waals surface area contributed by atoms with E-state index in [4.69, 9.17) is 4.74 Å². The molecule has 6 heteroatoms. The van der Waals surface area contributed by atoms with Crippen LogP contribution in [-0.4, -0.2) is 43.2 Å². The van der Waals surface area contributed by atoms with Crippen molar-refractivity contribution in [3.63, 3.8) is 0 Å². The van der Waals surface area contributed by atoms with E-state index in [9.17, 15) is 4.79 Å². The van der Waals surface area contributed by atoms with Crippen LogP contribution in [-0.2, 0) is 16.0 Å². The molecule has 1 saturated heterocycles. The number of carbonyl (C=O) groups is 1. The molecule has 106 valence electrons. The van der Waals surface area contributed by atoms with Crippen LogP contribution >= 0.6 is 11.3 Å². The fourth-order valence-electron chi connectivity index (χ4n) is 2.00. The van der Waals surface area contributed by atoms with E-state index in [1.165, 1.54) is 4.88 Å². The van der Waals surface area contributed by atoms with E-state index in [-0.39, 0.29) is 11.9 Å². The van der Waals surface area contributed by atoms with Crippen molar-refractivity contribution in [2.45, 2.75) is 32.7 Å². The molecule has 1 aliphatic rings. The molecule has 5 nitrogen and oxygen atoms in total. The molecule has 0 aliphatic carbocycles. The fraction of sp³-hybridized carbons (Fsp3) is 0.692. The first-order chi connectivity index (χ1) is 9.15. The number of amides is 1. The van der Waals surface area contributed by atoms with E-state index >= 15 is 0 Å². The van der Waals surface area contributed by atoms with Crippen molar-refractivity contribution in [1.29, 1.82) is 0 Å². The van der Waals surface area contributed by atoms with Gasteiger partial charge in [-0.05, 0) is 13.8 Å². The maximum absolute atomic E-state index is 11.7. The van der Waals surface area contributed by atoms with Gasteiger partial charge < -0.3 is 15.4 Å². The van der Waals surface area contributed by atoms with Gasteiger partial charge in [-0.2, -0.15) is 0 Å². The molecular weight excluding hydrogens is 262 g/mol. The first-order valence-electron chi connectivity index (χ1n) is 6.66. The van der Waals surface area contributed by atoms with Crippen LogP contribution < -0.4 is 10.6 Å². The van der Waals surface area contributed by atoms with Crippen molar-refractivity contribution < 1.29 is 9.53 Å². The van der Waals surface area contributed by atoms with Gasteiger partial charge >= 0.3 is 0 Å². The second kappa shape index (κ2) is 6.98. The Labute approximate surface area is 117 Å². The van der Waals surface area contributed by atoms with Gasteiger partial charge in [-0.1, -0.05) is 0 Å². The van der Waals surface area contributed by atoms with Crippen LogP contribution in [0.1, 0.15) is 22.0 Å². The largest absolute Gasteiger partial charge is 0.378 e. The molecule has 0 unspecified atom stereocenters. The number of rotatable bonds is 5. The van der Waals surface area contributed by atoms with Gasteiger partial charge in [-0.25, -0.2) is 4.98 Å². The zero-order valence-electron chi connectivity index (χ0n) is 11.5. The monoisotopic (exact) mass is 283 g/mol.